The number of methoxy groups -OCH3 is 2. The lowest BCUT2D eigenvalue weighted by atomic mass is 10.1. The van der Waals surface area contributed by atoms with Crippen molar-refractivity contribution in [3.8, 4) is 17.6 Å². The summed E-state index contributed by atoms with van der Waals surface area (Å²) in [4.78, 5) is 0. The second kappa shape index (κ2) is 6.87. The first-order valence-electron chi connectivity index (χ1n) is 6.33. The molecular weight excluding hydrogens is 288 g/mol. The lowest BCUT2D eigenvalue weighted by Gasteiger charge is -2.13. The van der Waals surface area contributed by atoms with Crippen LogP contribution in [0.1, 0.15) is 11.1 Å². The fourth-order valence-corrected chi connectivity index (χ4v) is 2.32. The predicted molar refractivity (Wildman–Crippen MR) is 83.0 cm³/mol. The van der Waals surface area contributed by atoms with E-state index >= 15 is 0 Å². The van der Waals surface area contributed by atoms with E-state index in [1.165, 1.54) is 0 Å². The van der Waals surface area contributed by atoms with Crippen LogP contribution in [0.25, 0.3) is 0 Å². The zero-order valence-corrected chi connectivity index (χ0v) is 12.6. The smallest absolute Gasteiger partial charge is 0.179 e. The van der Waals surface area contributed by atoms with Gasteiger partial charge in [-0.1, -0.05) is 23.7 Å². The van der Waals surface area contributed by atoms with Crippen molar-refractivity contribution in [2.24, 2.45) is 0 Å². The number of ether oxygens (including phenoxy) is 2. The molecule has 0 aliphatic heterocycles. The number of nitriles is 1. The maximum atomic E-state index is 9.06. The van der Waals surface area contributed by atoms with Gasteiger partial charge in [-0.15, -0.1) is 0 Å². The lowest BCUT2D eigenvalue weighted by molar-refractivity contribution is 0.355. The molecule has 108 valence electrons. The third kappa shape index (κ3) is 3.39. The van der Waals surface area contributed by atoms with Crippen molar-refractivity contribution in [3.63, 3.8) is 0 Å². The van der Waals surface area contributed by atoms with E-state index in [1.54, 1.807) is 20.3 Å². The van der Waals surface area contributed by atoms with E-state index in [1.807, 2.05) is 30.3 Å². The summed E-state index contributed by atoms with van der Waals surface area (Å²) in [5.74, 6) is 1.09. The van der Waals surface area contributed by atoms with Crippen LogP contribution in [-0.4, -0.2) is 14.2 Å². The molecule has 0 radical (unpaired) electrons. The highest BCUT2D eigenvalue weighted by Crippen LogP contribution is 2.36. The number of para-hydroxylation sites is 1. The molecule has 5 heteroatoms. The highest BCUT2D eigenvalue weighted by atomic mass is 35.5. The van der Waals surface area contributed by atoms with E-state index in [0.717, 1.165) is 11.3 Å². The molecule has 0 saturated carbocycles. The van der Waals surface area contributed by atoms with E-state index in [9.17, 15) is 0 Å². The van der Waals surface area contributed by atoms with Crippen molar-refractivity contribution in [1.29, 1.82) is 5.26 Å². The van der Waals surface area contributed by atoms with Crippen molar-refractivity contribution < 1.29 is 9.47 Å². The van der Waals surface area contributed by atoms with Gasteiger partial charge in [0, 0.05) is 6.54 Å². The van der Waals surface area contributed by atoms with Crippen LogP contribution in [0.3, 0.4) is 0 Å². The molecule has 0 aromatic heterocycles. The van der Waals surface area contributed by atoms with Crippen molar-refractivity contribution >= 4 is 17.3 Å². The van der Waals surface area contributed by atoms with E-state index in [-0.39, 0.29) is 0 Å². The number of nitrogens with one attached hydrogen (secondary N) is 1. The summed E-state index contributed by atoms with van der Waals surface area (Å²) in [6.45, 7) is 0.527. The fourth-order valence-electron chi connectivity index (χ4n) is 2.01. The Hall–Kier alpha value is -2.38. The number of anilines is 1. The van der Waals surface area contributed by atoms with Crippen molar-refractivity contribution in [3.05, 3.63) is 52.5 Å². The summed E-state index contributed by atoms with van der Waals surface area (Å²) in [5, 5.41) is 12.8. The maximum Gasteiger partial charge on any atom is 0.179 e. The van der Waals surface area contributed by atoms with Crippen LogP contribution in [-0.2, 0) is 6.54 Å². The molecule has 0 saturated heterocycles. The predicted octanol–water partition coefficient (Wildman–Crippen LogP) is 3.84. The zero-order valence-electron chi connectivity index (χ0n) is 11.8. The Bertz CT molecular complexity index is 680. The molecule has 0 unspecified atom stereocenters. The SMILES string of the molecule is COc1cc(CNc2ccccc2C#N)cc(Cl)c1OC. The van der Waals surface area contributed by atoms with Crippen molar-refractivity contribution in [2.75, 3.05) is 19.5 Å². The normalized spacial score (nSPS) is 9.81. The van der Waals surface area contributed by atoms with Gasteiger partial charge in [0.25, 0.3) is 0 Å². The van der Waals surface area contributed by atoms with Gasteiger partial charge in [-0.2, -0.15) is 5.26 Å². The molecule has 0 heterocycles. The van der Waals surface area contributed by atoms with Crippen LogP contribution in [0.15, 0.2) is 36.4 Å². The minimum absolute atomic E-state index is 0.488. The molecule has 0 amide bonds. The minimum atomic E-state index is 0.488. The summed E-state index contributed by atoms with van der Waals surface area (Å²) in [7, 11) is 3.11. The van der Waals surface area contributed by atoms with Crippen LogP contribution in [0, 0.1) is 11.3 Å². The van der Waals surface area contributed by atoms with Gasteiger partial charge in [0.1, 0.15) is 6.07 Å². The molecule has 4 nitrogen and oxygen atoms in total. The maximum absolute atomic E-state index is 9.06. The quantitative estimate of drug-likeness (QED) is 0.911. The second-order valence-electron chi connectivity index (χ2n) is 4.32. The Morgan fingerprint density at radius 3 is 2.62 bits per heavy atom. The third-order valence-electron chi connectivity index (χ3n) is 3.02. The fraction of sp³-hybridized carbons (Fsp3) is 0.188. The molecule has 0 aliphatic carbocycles. The molecule has 0 fully saturated rings. The van der Waals surface area contributed by atoms with Crippen molar-refractivity contribution in [1.82, 2.24) is 0 Å². The summed E-state index contributed by atoms with van der Waals surface area (Å²) in [6, 6.07) is 13.2. The van der Waals surface area contributed by atoms with Gasteiger partial charge in [-0.3, -0.25) is 0 Å². The molecule has 0 spiro atoms. The molecule has 0 aliphatic rings. The molecule has 2 aromatic rings. The average Bonchev–Trinajstić information content (AvgIpc) is 2.52. The minimum Gasteiger partial charge on any atom is -0.493 e. The van der Waals surface area contributed by atoms with E-state index in [0.29, 0.717) is 28.6 Å². The van der Waals surface area contributed by atoms with Crippen LogP contribution < -0.4 is 14.8 Å². The number of hydrogen-bond acceptors (Lipinski definition) is 4. The summed E-state index contributed by atoms with van der Waals surface area (Å²) < 4.78 is 10.5. The Morgan fingerprint density at radius 1 is 1.19 bits per heavy atom. The third-order valence-corrected chi connectivity index (χ3v) is 3.30. The summed E-state index contributed by atoms with van der Waals surface area (Å²) in [6.07, 6.45) is 0. The van der Waals surface area contributed by atoms with E-state index < -0.39 is 0 Å². The van der Waals surface area contributed by atoms with Crippen LogP contribution in [0.5, 0.6) is 11.5 Å². The molecule has 0 atom stereocenters. The number of rotatable bonds is 5. The monoisotopic (exact) mass is 302 g/mol. The summed E-state index contributed by atoms with van der Waals surface area (Å²) >= 11 is 6.17. The Balaban J connectivity index is 2.21. The number of hydrogen-bond donors (Lipinski definition) is 1. The Labute approximate surface area is 128 Å². The lowest BCUT2D eigenvalue weighted by Crippen LogP contribution is -2.02. The molecular formula is C16H15ClN2O2. The van der Waals surface area contributed by atoms with Gasteiger partial charge in [0.2, 0.25) is 0 Å². The first kappa shape index (κ1) is 15.0. The Kier molecular flexibility index (Phi) is 4.91. The highest BCUT2D eigenvalue weighted by molar-refractivity contribution is 6.32. The van der Waals surface area contributed by atoms with E-state index in [4.69, 9.17) is 26.3 Å². The van der Waals surface area contributed by atoms with Gasteiger partial charge in [0.15, 0.2) is 11.5 Å². The number of nitrogens with zero attached hydrogens (tertiary/aromatic N) is 1. The number of benzene rings is 2. The van der Waals surface area contributed by atoms with Gasteiger partial charge in [0.05, 0.1) is 30.5 Å². The molecule has 1 N–H and O–H groups in total. The first-order valence-corrected chi connectivity index (χ1v) is 6.70. The van der Waals surface area contributed by atoms with Gasteiger partial charge >= 0.3 is 0 Å². The molecule has 2 aromatic carbocycles. The highest BCUT2D eigenvalue weighted by Gasteiger charge is 2.11. The average molecular weight is 303 g/mol. The van der Waals surface area contributed by atoms with Gasteiger partial charge in [-0.25, -0.2) is 0 Å². The van der Waals surface area contributed by atoms with Crippen LogP contribution in [0.4, 0.5) is 5.69 Å². The number of halogens is 1. The molecule has 21 heavy (non-hydrogen) atoms. The molecule has 2 rings (SSSR count). The second-order valence-corrected chi connectivity index (χ2v) is 4.73. The van der Waals surface area contributed by atoms with Gasteiger partial charge in [-0.05, 0) is 29.8 Å². The molecule has 0 bridgehead atoms. The largest absolute Gasteiger partial charge is 0.493 e. The topological polar surface area (TPSA) is 54.3 Å². The standard InChI is InChI=1S/C16H15ClN2O2/c1-20-15-8-11(7-13(17)16(15)21-2)10-19-14-6-4-3-5-12(14)9-18/h3-8,19H,10H2,1-2H3. The first-order chi connectivity index (χ1) is 10.2. The van der Waals surface area contributed by atoms with Crippen LogP contribution >= 0.6 is 11.6 Å². The zero-order chi connectivity index (χ0) is 15.2. The van der Waals surface area contributed by atoms with Crippen LogP contribution in [0.2, 0.25) is 5.02 Å². The van der Waals surface area contributed by atoms with E-state index in [2.05, 4.69) is 11.4 Å². The van der Waals surface area contributed by atoms with Crippen molar-refractivity contribution in [2.45, 2.75) is 6.54 Å². The van der Waals surface area contributed by atoms with Gasteiger partial charge < -0.3 is 14.8 Å². The Morgan fingerprint density at radius 2 is 1.95 bits per heavy atom. The summed E-state index contributed by atoms with van der Waals surface area (Å²) in [5.41, 5.74) is 2.32.